The first kappa shape index (κ1) is 10.2. The molecule has 1 aliphatic heterocycles. The maximum atomic E-state index is 12.8. The Morgan fingerprint density at radius 3 is 2.53 bits per heavy atom. The molecule has 1 nitrogen and oxygen atoms in total. The highest BCUT2D eigenvalue weighted by Crippen LogP contribution is 2.26. The smallest absolute Gasteiger partial charge is 0.228 e. The molecule has 0 N–H and O–H groups in total. The SMILES string of the molecule is C[N+]1=C(C(F)(F)F)c2ccccc2CC1. The molecule has 2 rings (SSSR count). The number of alkyl halides is 3. The molecule has 1 aromatic rings. The predicted octanol–water partition coefficient (Wildman–Crippen LogP) is 2.24. The summed E-state index contributed by atoms with van der Waals surface area (Å²) < 4.78 is 39.7. The van der Waals surface area contributed by atoms with Gasteiger partial charge in [-0.2, -0.15) is 13.2 Å². The molecule has 0 radical (unpaired) electrons. The fourth-order valence-corrected chi connectivity index (χ4v) is 1.94. The minimum absolute atomic E-state index is 0.318. The molecule has 0 saturated carbocycles. The average molecular weight is 214 g/mol. The van der Waals surface area contributed by atoms with E-state index in [0.717, 1.165) is 5.56 Å². The van der Waals surface area contributed by atoms with Gasteiger partial charge in [-0.3, -0.25) is 0 Å². The first-order valence-corrected chi connectivity index (χ1v) is 4.73. The number of rotatable bonds is 0. The van der Waals surface area contributed by atoms with E-state index in [4.69, 9.17) is 0 Å². The van der Waals surface area contributed by atoms with Gasteiger partial charge in [0.15, 0.2) is 0 Å². The van der Waals surface area contributed by atoms with E-state index >= 15 is 0 Å². The van der Waals surface area contributed by atoms with Crippen LogP contribution in [0.3, 0.4) is 0 Å². The predicted molar refractivity (Wildman–Crippen MR) is 51.4 cm³/mol. The van der Waals surface area contributed by atoms with Gasteiger partial charge in [0.1, 0.15) is 13.6 Å². The van der Waals surface area contributed by atoms with Gasteiger partial charge in [0.05, 0.1) is 5.56 Å². The van der Waals surface area contributed by atoms with Crippen molar-refractivity contribution in [1.29, 1.82) is 0 Å². The summed E-state index contributed by atoms with van der Waals surface area (Å²) in [6, 6.07) is 6.71. The molecule has 0 spiro atoms. The lowest BCUT2D eigenvalue weighted by molar-refractivity contribution is -0.505. The van der Waals surface area contributed by atoms with Crippen molar-refractivity contribution in [2.75, 3.05) is 13.6 Å². The Morgan fingerprint density at radius 1 is 1.20 bits per heavy atom. The first-order chi connectivity index (χ1) is 7.00. The summed E-state index contributed by atoms with van der Waals surface area (Å²) >= 11 is 0. The van der Waals surface area contributed by atoms with Crippen molar-refractivity contribution in [3.63, 3.8) is 0 Å². The highest BCUT2D eigenvalue weighted by atomic mass is 19.4. The lowest BCUT2D eigenvalue weighted by Gasteiger charge is -2.17. The van der Waals surface area contributed by atoms with Crippen LogP contribution in [0, 0.1) is 0 Å². The van der Waals surface area contributed by atoms with Crippen LogP contribution in [0.15, 0.2) is 24.3 Å². The Bertz CT molecular complexity index is 418. The summed E-state index contributed by atoms with van der Waals surface area (Å²) in [6.45, 7) is 0.422. The van der Waals surface area contributed by atoms with Crippen LogP contribution in [-0.2, 0) is 6.42 Å². The van der Waals surface area contributed by atoms with Crippen molar-refractivity contribution in [2.45, 2.75) is 12.6 Å². The van der Waals surface area contributed by atoms with Gasteiger partial charge in [0.2, 0.25) is 0 Å². The fraction of sp³-hybridized carbons (Fsp3) is 0.364. The van der Waals surface area contributed by atoms with Crippen LogP contribution in [0.2, 0.25) is 0 Å². The van der Waals surface area contributed by atoms with Gasteiger partial charge < -0.3 is 0 Å². The van der Waals surface area contributed by atoms with Crippen molar-refractivity contribution >= 4 is 5.71 Å². The fourth-order valence-electron chi connectivity index (χ4n) is 1.94. The molecular formula is C11H11F3N+. The molecule has 0 amide bonds. The van der Waals surface area contributed by atoms with E-state index in [1.54, 1.807) is 18.2 Å². The third kappa shape index (κ3) is 1.76. The number of fused-ring (bicyclic) bond motifs is 1. The Kier molecular flexibility index (Phi) is 2.29. The van der Waals surface area contributed by atoms with Crippen molar-refractivity contribution in [3.8, 4) is 0 Å². The van der Waals surface area contributed by atoms with E-state index in [0.29, 0.717) is 18.5 Å². The van der Waals surface area contributed by atoms with Gasteiger partial charge >= 0.3 is 6.18 Å². The van der Waals surface area contributed by atoms with Crippen molar-refractivity contribution < 1.29 is 17.7 Å². The second-order valence-electron chi connectivity index (χ2n) is 3.68. The molecule has 1 aliphatic rings. The second kappa shape index (κ2) is 3.36. The lowest BCUT2D eigenvalue weighted by Crippen LogP contribution is -2.37. The molecule has 4 heteroatoms. The minimum atomic E-state index is -4.27. The molecule has 0 aliphatic carbocycles. The average Bonchev–Trinajstić information content (AvgIpc) is 2.15. The van der Waals surface area contributed by atoms with Gasteiger partial charge in [0, 0.05) is 6.42 Å². The molecule has 0 unspecified atom stereocenters. The van der Waals surface area contributed by atoms with E-state index in [2.05, 4.69) is 0 Å². The topological polar surface area (TPSA) is 3.01 Å². The zero-order valence-corrected chi connectivity index (χ0v) is 8.30. The largest absolute Gasteiger partial charge is 0.477 e. The normalized spacial score (nSPS) is 16.5. The van der Waals surface area contributed by atoms with Gasteiger partial charge in [-0.25, -0.2) is 4.58 Å². The summed E-state index contributed by atoms with van der Waals surface area (Å²) in [4.78, 5) is 0. The van der Waals surface area contributed by atoms with Crippen LogP contribution < -0.4 is 0 Å². The summed E-state index contributed by atoms with van der Waals surface area (Å²) in [6.07, 6.45) is -3.60. The van der Waals surface area contributed by atoms with Crippen LogP contribution in [0.1, 0.15) is 11.1 Å². The molecule has 1 aromatic carbocycles. The molecule has 0 aromatic heterocycles. The van der Waals surface area contributed by atoms with Crippen LogP contribution in [0.25, 0.3) is 0 Å². The minimum Gasteiger partial charge on any atom is -0.228 e. The molecule has 1 heterocycles. The standard InChI is InChI=1S/C11H11F3N/c1-15-7-6-8-4-2-3-5-9(8)10(15)11(12,13)14/h2-5H,6-7H2,1H3/q+1. The lowest BCUT2D eigenvalue weighted by atomic mass is 9.97. The number of hydrogen-bond acceptors (Lipinski definition) is 0. The van der Waals surface area contributed by atoms with E-state index in [9.17, 15) is 13.2 Å². The Balaban J connectivity index is 2.61. The molecular weight excluding hydrogens is 203 g/mol. The summed E-state index contributed by atoms with van der Waals surface area (Å²) in [5, 5.41) is 0. The van der Waals surface area contributed by atoms with Crippen LogP contribution in [0.5, 0.6) is 0 Å². The second-order valence-corrected chi connectivity index (χ2v) is 3.68. The van der Waals surface area contributed by atoms with Gasteiger partial charge in [-0.1, -0.05) is 18.2 Å². The van der Waals surface area contributed by atoms with E-state index < -0.39 is 11.9 Å². The highest BCUT2D eigenvalue weighted by molar-refractivity contribution is 6.02. The third-order valence-electron chi connectivity index (χ3n) is 2.64. The molecule has 0 fully saturated rings. The van der Waals surface area contributed by atoms with Crippen molar-refractivity contribution in [3.05, 3.63) is 35.4 Å². The zero-order valence-electron chi connectivity index (χ0n) is 8.30. The van der Waals surface area contributed by atoms with Gasteiger partial charge in [-0.15, -0.1) is 0 Å². The quantitative estimate of drug-likeness (QED) is 0.583. The Morgan fingerprint density at radius 2 is 1.87 bits per heavy atom. The van der Waals surface area contributed by atoms with Crippen LogP contribution >= 0.6 is 0 Å². The maximum absolute atomic E-state index is 12.8. The number of benzene rings is 1. The van der Waals surface area contributed by atoms with Crippen molar-refractivity contribution in [2.24, 2.45) is 0 Å². The number of nitrogens with zero attached hydrogens (tertiary/aromatic N) is 1. The summed E-state index contributed by atoms with van der Waals surface area (Å²) in [7, 11) is 1.48. The van der Waals surface area contributed by atoms with E-state index in [1.807, 2.05) is 0 Å². The molecule has 80 valence electrons. The highest BCUT2D eigenvalue weighted by Gasteiger charge is 2.46. The Labute approximate surface area is 85.9 Å². The van der Waals surface area contributed by atoms with Crippen LogP contribution in [0.4, 0.5) is 13.2 Å². The summed E-state index contributed by atoms with van der Waals surface area (Å²) in [5.41, 5.74) is 0.575. The maximum Gasteiger partial charge on any atom is 0.477 e. The number of halogens is 3. The number of hydrogen-bond donors (Lipinski definition) is 0. The molecule has 0 saturated heterocycles. The Hall–Kier alpha value is -1.32. The molecule has 0 atom stereocenters. The third-order valence-corrected chi connectivity index (χ3v) is 2.64. The van der Waals surface area contributed by atoms with E-state index in [-0.39, 0.29) is 0 Å². The van der Waals surface area contributed by atoms with Gasteiger partial charge in [-0.05, 0) is 11.6 Å². The van der Waals surface area contributed by atoms with Crippen LogP contribution in [-0.4, -0.2) is 30.1 Å². The number of likely N-dealkylation sites (N-methyl/N-ethyl adjacent to an activating group) is 1. The summed E-state index contributed by atoms with van der Waals surface area (Å²) in [5.74, 6) is 0. The monoisotopic (exact) mass is 214 g/mol. The molecule has 15 heavy (non-hydrogen) atoms. The molecule has 0 bridgehead atoms. The van der Waals surface area contributed by atoms with E-state index in [1.165, 1.54) is 17.7 Å². The first-order valence-electron chi connectivity index (χ1n) is 4.73. The zero-order chi connectivity index (χ0) is 11.1. The van der Waals surface area contributed by atoms with Gasteiger partial charge in [0.25, 0.3) is 5.71 Å². The van der Waals surface area contributed by atoms with Crippen molar-refractivity contribution in [1.82, 2.24) is 0 Å².